The molecule has 1 aromatic heterocycles. The van der Waals surface area contributed by atoms with Crippen molar-refractivity contribution in [2.75, 3.05) is 10.6 Å². The quantitative estimate of drug-likeness (QED) is 0.662. The van der Waals surface area contributed by atoms with E-state index in [1.165, 1.54) is 0 Å². The lowest BCUT2D eigenvalue weighted by atomic mass is 10.1. The standard InChI is InChI=1S/C24H22N4O2/c1-28-22(26-24(30)19-10-6-3-7-11-19)16-21(27-28)17-12-14-20(15-13-17)25-23(29)18-8-4-2-5-9-18/h3-4,6-16H,2,5H2,1H3,(H,25,29)(H,26,30). The van der Waals surface area contributed by atoms with Gasteiger partial charge in [0.15, 0.2) is 0 Å². The lowest BCUT2D eigenvalue weighted by Crippen LogP contribution is -2.14. The van der Waals surface area contributed by atoms with Gasteiger partial charge < -0.3 is 10.6 Å². The lowest BCUT2D eigenvalue weighted by Gasteiger charge is -2.08. The first-order valence-corrected chi connectivity index (χ1v) is 9.79. The van der Waals surface area contributed by atoms with E-state index in [1.807, 2.05) is 66.8 Å². The Morgan fingerprint density at radius 1 is 0.933 bits per heavy atom. The topological polar surface area (TPSA) is 76.0 Å². The molecule has 4 rings (SSSR count). The van der Waals surface area contributed by atoms with Crippen LogP contribution in [-0.2, 0) is 11.8 Å². The van der Waals surface area contributed by atoms with Gasteiger partial charge >= 0.3 is 0 Å². The fourth-order valence-electron chi connectivity index (χ4n) is 3.21. The summed E-state index contributed by atoms with van der Waals surface area (Å²) in [5, 5.41) is 10.3. The third-order valence-electron chi connectivity index (χ3n) is 4.85. The minimum absolute atomic E-state index is 0.109. The van der Waals surface area contributed by atoms with Crippen LogP contribution in [0, 0.1) is 0 Å². The molecule has 6 nitrogen and oxygen atoms in total. The molecule has 2 N–H and O–H groups in total. The van der Waals surface area contributed by atoms with E-state index < -0.39 is 0 Å². The molecule has 0 bridgehead atoms. The lowest BCUT2D eigenvalue weighted by molar-refractivity contribution is -0.112. The average molecular weight is 398 g/mol. The zero-order chi connectivity index (χ0) is 20.9. The van der Waals surface area contributed by atoms with Gasteiger partial charge in [-0.1, -0.05) is 48.6 Å². The van der Waals surface area contributed by atoms with Crippen LogP contribution in [-0.4, -0.2) is 21.6 Å². The smallest absolute Gasteiger partial charge is 0.256 e. The van der Waals surface area contributed by atoms with Gasteiger partial charge in [-0.05, 0) is 37.1 Å². The van der Waals surface area contributed by atoms with Crippen LogP contribution in [0.2, 0.25) is 0 Å². The Kier molecular flexibility index (Phi) is 5.57. The van der Waals surface area contributed by atoms with E-state index in [2.05, 4.69) is 15.7 Å². The van der Waals surface area contributed by atoms with Gasteiger partial charge in [-0.25, -0.2) is 0 Å². The van der Waals surface area contributed by atoms with Crippen molar-refractivity contribution in [2.24, 2.45) is 7.05 Å². The third-order valence-corrected chi connectivity index (χ3v) is 4.85. The van der Waals surface area contributed by atoms with Gasteiger partial charge in [0.1, 0.15) is 5.82 Å². The Bertz CT molecular complexity index is 1130. The monoisotopic (exact) mass is 398 g/mol. The predicted molar refractivity (Wildman–Crippen MR) is 118 cm³/mol. The highest BCUT2D eigenvalue weighted by atomic mass is 16.2. The maximum Gasteiger partial charge on any atom is 0.256 e. The number of amides is 2. The number of aryl methyl sites for hydroxylation is 1. The highest BCUT2D eigenvalue weighted by molar-refractivity contribution is 6.06. The van der Waals surface area contributed by atoms with Crippen LogP contribution in [0.25, 0.3) is 11.3 Å². The number of allylic oxidation sites excluding steroid dienone is 2. The zero-order valence-electron chi connectivity index (χ0n) is 16.6. The molecule has 0 saturated carbocycles. The molecule has 0 saturated heterocycles. The Balaban J connectivity index is 1.45. The van der Waals surface area contributed by atoms with Crippen molar-refractivity contribution >= 4 is 23.3 Å². The molecule has 30 heavy (non-hydrogen) atoms. The number of hydrogen-bond donors (Lipinski definition) is 2. The summed E-state index contributed by atoms with van der Waals surface area (Å²) in [4.78, 5) is 24.7. The molecule has 6 heteroatoms. The number of carbonyl (C=O) groups is 2. The number of hydrogen-bond acceptors (Lipinski definition) is 3. The molecule has 0 aliphatic heterocycles. The molecule has 3 aromatic rings. The molecule has 0 fully saturated rings. The fourth-order valence-corrected chi connectivity index (χ4v) is 3.21. The van der Waals surface area contributed by atoms with Crippen LogP contribution in [0.15, 0.2) is 84.5 Å². The third kappa shape index (κ3) is 4.38. The number of rotatable bonds is 5. The molecule has 150 valence electrons. The summed E-state index contributed by atoms with van der Waals surface area (Å²) in [5.41, 5.74) is 3.62. The SMILES string of the molecule is Cn1nc(-c2ccc(NC(=O)C3=CCCC=C3)cc2)cc1NC(=O)c1ccccc1. The van der Waals surface area contributed by atoms with Crippen LogP contribution in [0.3, 0.4) is 0 Å². The summed E-state index contributed by atoms with van der Waals surface area (Å²) in [6.45, 7) is 0. The van der Waals surface area contributed by atoms with E-state index in [9.17, 15) is 9.59 Å². The summed E-state index contributed by atoms with van der Waals surface area (Å²) in [6, 6.07) is 18.3. The number of nitrogens with zero attached hydrogens (tertiary/aromatic N) is 2. The first-order valence-electron chi connectivity index (χ1n) is 9.79. The van der Waals surface area contributed by atoms with Crippen LogP contribution in [0.4, 0.5) is 11.5 Å². The summed E-state index contributed by atoms with van der Waals surface area (Å²) in [7, 11) is 1.78. The van der Waals surface area contributed by atoms with Crippen molar-refractivity contribution in [1.82, 2.24) is 9.78 Å². The van der Waals surface area contributed by atoms with Gasteiger partial charge in [-0.2, -0.15) is 5.10 Å². The first-order chi connectivity index (χ1) is 14.6. The van der Waals surface area contributed by atoms with Gasteiger partial charge in [-0.3, -0.25) is 14.3 Å². The van der Waals surface area contributed by atoms with Gasteiger partial charge in [0.2, 0.25) is 0 Å². The minimum atomic E-state index is -0.186. The van der Waals surface area contributed by atoms with E-state index in [0.29, 0.717) is 17.0 Å². The van der Waals surface area contributed by atoms with Crippen molar-refractivity contribution < 1.29 is 9.59 Å². The zero-order valence-corrected chi connectivity index (χ0v) is 16.6. The van der Waals surface area contributed by atoms with E-state index >= 15 is 0 Å². The molecule has 0 radical (unpaired) electrons. The Labute approximate surface area is 174 Å². The fraction of sp³-hybridized carbons (Fsp3) is 0.125. The second-order valence-corrected chi connectivity index (χ2v) is 7.03. The van der Waals surface area contributed by atoms with E-state index in [-0.39, 0.29) is 11.8 Å². The van der Waals surface area contributed by atoms with Crippen molar-refractivity contribution in [3.63, 3.8) is 0 Å². The van der Waals surface area contributed by atoms with E-state index in [0.717, 1.165) is 29.8 Å². The Hall–Kier alpha value is -3.93. The molecule has 0 atom stereocenters. The van der Waals surface area contributed by atoms with Gasteiger partial charge in [-0.15, -0.1) is 0 Å². The number of aromatic nitrogens is 2. The van der Waals surface area contributed by atoms with Gasteiger partial charge in [0, 0.05) is 35.5 Å². The molecule has 1 heterocycles. The number of carbonyl (C=O) groups excluding carboxylic acids is 2. The number of benzene rings is 2. The molecule has 0 unspecified atom stereocenters. The first kappa shape index (κ1) is 19.4. The van der Waals surface area contributed by atoms with Gasteiger partial charge in [0.25, 0.3) is 11.8 Å². The maximum atomic E-state index is 12.4. The summed E-state index contributed by atoms with van der Waals surface area (Å²) >= 11 is 0. The van der Waals surface area contributed by atoms with Crippen molar-refractivity contribution in [3.8, 4) is 11.3 Å². The van der Waals surface area contributed by atoms with Crippen LogP contribution in [0.5, 0.6) is 0 Å². The van der Waals surface area contributed by atoms with Crippen LogP contribution >= 0.6 is 0 Å². The van der Waals surface area contributed by atoms with Crippen molar-refractivity contribution in [1.29, 1.82) is 0 Å². The van der Waals surface area contributed by atoms with Crippen LogP contribution in [0.1, 0.15) is 23.2 Å². The second kappa shape index (κ2) is 8.61. The largest absolute Gasteiger partial charge is 0.322 e. The molecule has 2 amide bonds. The predicted octanol–water partition coefficient (Wildman–Crippen LogP) is 4.55. The highest BCUT2D eigenvalue weighted by Crippen LogP contribution is 2.24. The number of nitrogens with one attached hydrogen (secondary N) is 2. The summed E-state index contributed by atoms with van der Waals surface area (Å²) in [6.07, 6.45) is 7.67. The molecule has 0 spiro atoms. The van der Waals surface area contributed by atoms with Crippen molar-refractivity contribution in [3.05, 3.63) is 90.0 Å². The molecule has 1 aliphatic carbocycles. The molecule has 1 aliphatic rings. The van der Waals surface area contributed by atoms with Crippen molar-refractivity contribution in [2.45, 2.75) is 12.8 Å². The molecular weight excluding hydrogens is 376 g/mol. The molecular formula is C24H22N4O2. The van der Waals surface area contributed by atoms with E-state index in [1.54, 1.807) is 23.9 Å². The number of anilines is 2. The van der Waals surface area contributed by atoms with Crippen LogP contribution < -0.4 is 10.6 Å². The Morgan fingerprint density at radius 3 is 2.40 bits per heavy atom. The summed E-state index contributed by atoms with van der Waals surface area (Å²) < 4.78 is 1.63. The highest BCUT2D eigenvalue weighted by Gasteiger charge is 2.12. The minimum Gasteiger partial charge on any atom is -0.322 e. The van der Waals surface area contributed by atoms with Gasteiger partial charge in [0.05, 0.1) is 5.69 Å². The van der Waals surface area contributed by atoms with E-state index in [4.69, 9.17) is 0 Å². The summed E-state index contributed by atoms with van der Waals surface area (Å²) in [5.74, 6) is 0.309. The molecule has 2 aromatic carbocycles. The average Bonchev–Trinajstić information content (AvgIpc) is 3.15. The Morgan fingerprint density at radius 2 is 1.70 bits per heavy atom. The normalized spacial score (nSPS) is 12.9. The second-order valence-electron chi connectivity index (χ2n) is 7.03. The maximum absolute atomic E-state index is 12.4.